The number of hydrazine groups is 1. The van der Waals surface area contributed by atoms with E-state index < -0.39 is 23.8 Å². The molecule has 3 aromatic rings. The molecule has 2 heterocycles. The molecule has 2 aromatic heterocycles. The molecule has 0 spiro atoms. The Morgan fingerprint density at radius 3 is 2.24 bits per heavy atom. The van der Waals surface area contributed by atoms with Gasteiger partial charge in [-0.05, 0) is 55.7 Å². The molecule has 34 heavy (non-hydrogen) atoms. The minimum absolute atomic E-state index is 0.102. The quantitative estimate of drug-likeness (QED) is 0.256. The highest BCUT2D eigenvalue weighted by Crippen LogP contribution is 2.20. The van der Waals surface area contributed by atoms with E-state index in [4.69, 9.17) is 4.42 Å². The van der Waals surface area contributed by atoms with Crippen molar-refractivity contribution in [3.8, 4) is 0 Å². The first-order valence-corrected chi connectivity index (χ1v) is 11.7. The predicted octanol–water partition coefficient (Wildman–Crippen LogP) is 3.19. The second kappa shape index (κ2) is 11.5. The van der Waals surface area contributed by atoms with Crippen LogP contribution in [0.25, 0.3) is 0 Å². The van der Waals surface area contributed by atoms with E-state index in [2.05, 4.69) is 26.1 Å². The molecule has 0 aliphatic heterocycles. The van der Waals surface area contributed by atoms with Gasteiger partial charge in [-0.25, -0.2) is 9.97 Å². The fourth-order valence-corrected chi connectivity index (χ4v) is 3.99. The van der Waals surface area contributed by atoms with Crippen LogP contribution in [0, 0.1) is 19.8 Å². The summed E-state index contributed by atoms with van der Waals surface area (Å²) < 4.78 is 5.05. The van der Waals surface area contributed by atoms with E-state index >= 15 is 0 Å². The Morgan fingerprint density at radius 1 is 0.971 bits per heavy atom. The Bertz CT molecular complexity index is 1130. The molecule has 178 valence electrons. The zero-order valence-corrected chi connectivity index (χ0v) is 20.2. The Labute approximate surface area is 202 Å². The number of thioether (sulfide) groups is 1. The zero-order valence-electron chi connectivity index (χ0n) is 19.4. The molecule has 0 saturated carbocycles. The number of rotatable bonds is 8. The van der Waals surface area contributed by atoms with Gasteiger partial charge < -0.3 is 9.73 Å². The highest BCUT2D eigenvalue weighted by atomic mass is 32.2. The van der Waals surface area contributed by atoms with Gasteiger partial charge in [-0.2, -0.15) is 0 Å². The number of benzene rings is 1. The van der Waals surface area contributed by atoms with Crippen molar-refractivity contribution >= 4 is 29.5 Å². The van der Waals surface area contributed by atoms with Crippen LogP contribution < -0.4 is 16.2 Å². The summed E-state index contributed by atoms with van der Waals surface area (Å²) in [6.07, 6.45) is 1.38. The van der Waals surface area contributed by atoms with Crippen molar-refractivity contribution in [3.63, 3.8) is 0 Å². The molecule has 3 N–H and O–H groups in total. The number of aryl methyl sites for hydroxylation is 2. The predicted molar refractivity (Wildman–Crippen MR) is 128 cm³/mol. The Morgan fingerprint density at radius 2 is 1.65 bits per heavy atom. The average molecular weight is 482 g/mol. The first-order chi connectivity index (χ1) is 16.2. The van der Waals surface area contributed by atoms with Crippen molar-refractivity contribution in [2.75, 3.05) is 0 Å². The topological polar surface area (TPSA) is 126 Å². The standard InChI is InChI=1S/C24H27N5O4S/c1-14(2)20(27-22(31)19-6-5-11-33-19)23(32)29-28-21(30)18-9-7-17(8-10-18)13-34-24-25-15(3)12-16(4)26-24/h5-12,14,20H,13H2,1-4H3,(H,27,31)(H,28,30)(H,29,32)/t20-/m0/s1. The molecule has 9 nitrogen and oxygen atoms in total. The number of amides is 3. The lowest BCUT2D eigenvalue weighted by Crippen LogP contribution is -2.54. The molecule has 3 rings (SSSR count). The van der Waals surface area contributed by atoms with Crippen LogP contribution in [0.1, 0.15) is 51.7 Å². The first-order valence-electron chi connectivity index (χ1n) is 10.7. The van der Waals surface area contributed by atoms with E-state index in [-0.39, 0.29) is 11.7 Å². The van der Waals surface area contributed by atoms with Crippen molar-refractivity contribution in [3.05, 3.63) is 77.0 Å². The van der Waals surface area contributed by atoms with Crippen molar-refractivity contribution in [2.24, 2.45) is 5.92 Å². The molecule has 0 aliphatic rings. The molecule has 0 radical (unpaired) electrons. The second-order valence-electron chi connectivity index (χ2n) is 8.03. The van der Waals surface area contributed by atoms with Crippen LogP contribution in [-0.4, -0.2) is 33.7 Å². The summed E-state index contributed by atoms with van der Waals surface area (Å²) in [5.41, 5.74) is 8.01. The molecule has 0 saturated heterocycles. The summed E-state index contributed by atoms with van der Waals surface area (Å²) >= 11 is 1.52. The highest BCUT2D eigenvalue weighted by Gasteiger charge is 2.26. The summed E-state index contributed by atoms with van der Waals surface area (Å²) in [6, 6.07) is 11.2. The van der Waals surface area contributed by atoms with E-state index in [1.807, 2.05) is 32.0 Å². The summed E-state index contributed by atoms with van der Waals surface area (Å²) in [5, 5.41) is 3.32. The van der Waals surface area contributed by atoms with E-state index in [9.17, 15) is 14.4 Å². The number of nitrogens with one attached hydrogen (secondary N) is 3. The third-order valence-electron chi connectivity index (χ3n) is 4.83. The smallest absolute Gasteiger partial charge is 0.287 e. The molecule has 1 atom stereocenters. The van der Waals surface area contributed by atoms with E-state index in [0.717, 1.165) is 17.0 Å². The lowest BCUT2D eigenvalue weighted by Gasteiger charge is -2.21. The molecule has 1 aromatic carbocycles. The van der Waals surface area contributed by atoms with Crippen molar-refractivity contribution in [2.45, 2.75) is 44.6 Å². The number of aromatic nitrogens is 2. The Kier molecular flexibility index (Phi) is 8.42. The van der Waals surface area contributed by atoms with Crippen LogP contribution in [0.4, 0.5) is 0 Å². The number of furan rings is 1. The van der Waals surface area contributed by atoms with Gasteiger partial charge in [0.2, 0.25) is 0 Å². The summed E-state index contributed by atoms with van der Waals surface area (Å²) in [4.78, 5) is 46.1. The molecular formula is C24H27N5O4S. The summed E-state index contributed by atoms with van der Waals surface area (Å²) in [7, 11) is 0. The number of carbonyl (C=O) groups excluding carboxylic acids is 3. The van der Waals surface area contributed by atoms with Crippen molar-refractivity contribution in [1.82, 2.24) is 26.1 Å². The number of hydrogen-bond acceptors (Lipinski definition) is 7. The third-order valence-corrected chi connectivity index (χ3v) is 5.74. The fraction of sp³-hybridized carbons (Fsp3) is 0.292. The van der Waals surface area contributed by atoms with Crippen LogP contribution in [0.3, 0.4) is 0 Å². The normalized spacial score (nSPS) is 11.7. The fourth-order valence-electron chi connectivity index (χ4n) is 3.08. The van der Waals surface area contributed by atoms with Crippen LogP contribution in [0.15, 0.2) is 58.3 Å². The van der Waals surface area contributed by atoms with Gasteiger partial charge in [0, 0.05) is 22.7 Å². The van der Waals surface area contributed by atoms with Gasteiger partial charge in [0.25, 0.3) is 17.7 Å². The van der Waals surface area contributed by atoms with Gasteiger partial charge in [0.1, 0.15) is 6.04 Å². The lowest BCUT2D eigenvalue weighted by atomic mass is 10.0. The molecule has 10 heteroatoms. The molecule has 0 bridgehead atoms. The second-order valence-corrected chi connectivity index (χ2v) is 8.98. The van der Waals surface area contributed by atoms with E-state index in [1.165, 1.54) is 24.1 Å². The molecule has 0 unspecified atom stereocenters. The van der Waals surface area contributed by atoms with Gasteiger partial charge in [-0.15, -0.1) is 0 Å². The number of carbonyl (C=O) groups is 3. The number of hydrogen-bond donors (Lipinski definition) is 3. The van der Waals surface area contributed by atoms with Gasteiger partial charge >= 0.3 is 0 Å². The monoisotopic (exact) mass is 481 g/mol. The third kappa shape index (κ3) is 6.92. The highest BCUT2D eigenvalue weighted by molar-refractivity contribution is 7.98. The van der Waals surface area contributed by atoms with E-state index in [1.54, 1.807) is 32.0 Å². The minimum Gasteiger partial charge on any atom is -0.459 e. The van der Waals surface area contributed by atoms with Crippen LogP contribution in [0.5, 0.6) is 0 Å². The first kappa shape index (κ1) is 25.0. The van der Waals surface area contributed by atoms with Crippen LogP contribution in [0.2, 0.25) is 0 Å². The Balaban J connectivity index is 1.52. The Hall–Kier alpha value is -3.66. The average Bonchev–Trinajstić information content (AvgIpc) is 3.34. The van der Waals surface area contributed by atoms with Crippen molar-refractivity contribution in [1.29, 1.82) is 0 Å². The molecule has 3 amide bonds. The zero-order chi connectivity index (χ0) is 24.7. The largest absolute Gasteiger partial charge is 0.459 e. The summed E-state index contributed by atoms with van der Waals surface area (Å²) in [6.45, 7) is 7.44. The number of nitrogens with zero attached hydrogens (tertiary/aromatic N) is 2. The maximum Gasteiger partial charge on any atom is 0.287 e. The van der Waals surface area contributed by atoms with Gasteiger partial charge in [0.15, 0.2) is 10.9 Å². The molecule has 0 aliphatic carbocycles. The van der Waals surface area contributed by atoms with E-state index in [0.29, 0.717) is 16.5 Å². The van der Waals surface area contributed by atoms with Gasteiger partial charge in [-0.1, -0.05) is 37.7 Å². The lowest BCUT2D eigenvalue weighted by molar-refractivity contribution is -0.124. The van der Waals surface area contributed by atoms with Crippen LogP contribution in [-0.2, 0) is 10.5 Å². The van der Waals surface area contributed by atoms with Crippen molar-refractivity contribution < 1.29 is 18.8 Å². The van der Waals surface area contributed by atoms with Gasteiger partial charge in [-0.3, -0.25) is 25.2 Å². The summed E-state index contributed by atoms with van der Waals surface area (Å²) in [5.74, 6) is -0.967. The molecule has 0 fully saturated rings. The SMILES string of the molecule is Cc1cc(C)nc(SCc2ccc(C(=O)NNC(=O)[C@@H](NC(=O)c3ccco3)C(C)C)cc2)n1. The molecular weight excluding hydrogens is 454 g/mol. The maximum atomic E-state index is 12.6. The van der Waals surface area contributed by atoms with Gasteiger partial charge in [0.05, 0.1) is 6.26 Å². The minimum atomic E-state index is -0.857. The maximum absolute atomic E-state index is 12.6. The van der Waals surface area contributed by atoms with Crippen LogP contribution >= 0.6 is 11.8 Å².